The summed E-state index contributed by atoms with van der Waals surface area (Å²) in [5, 5.41) is 2.65. The largest absolute Gasteiger partial charge is 0.482 e. The van der Waals surface area contributed by atoms with Crippen molar-refractivity contribution in [3.8, 4) is 11.5 Å². The SMILES string of the molecule is O=C1COc2ccc(OC(=O)c3ccncc3)cc2N1. The lowest BCUT2D eigenvalue weighted by Crippen LogP contribution is -2.25. The summed E-state index contributed by atoms with van der Waals surface area (Å²) in [7, 11) is 0. The lowest BCUT2D eigenvalue weighted by Gasteiger charge is -2.18. The van der Waals surface area contributed by atoms with Gasteiger partial charge in [0.1, 0.15) is 11.5 Å². The van der Waals surface area contributed by atoms with E-state index in [-0.39, 0.29) is 12.5 Å². The Morgan fingerprint density at radius 3 is 2.85 bits per heavy atom. The number of esters is 1. The number of hydrogen-bond acceptors (Lipinski definition) is 5. The van der Waals surface area contributed by atoms with Crippen molar-refractivity contribution in [3.63, 3.8) is 0 Å². The molecule has 3 rings (SSSR count). The Bertz CT molecular complexity index is 670. The number of pyridine rings is 1. The molecule has 0 aliphatic carbocycles. The van der Waals surface area contributed by atoms with Gasteiger partial charge in [0.05, 0.1) is 11.3 Å². The number of anilines is 1. The van der Waals surface area contributed by atoms with Gasteiger partial charge in [0.2, 0.25) is 0 Å². The molecule has 0 unspecified atom stereocenters. The third-order valence-electron chi connectivity index (χ3n) is 2.71. The van der Waals surface area contributed by atoms with Crippen LogP contribution in [0.25, 0.3) is 0 Å². The fourth-order valence-electron chi connectivity index (χ4n) is 1.78. The first-order valence-electron chi connectivity index (χ1n) is 5.91. The van der Waals surface area contributed by atoms with Crippen LogP contribution in [-0.4, -0.2) is 23.5 Å². The fraction of sp³-hybridized carbons (Fsp3) is 0.0714. The maximum atomic E-state index is 11.9. The molecule has 0 spiro atoms. The van der Waals surface area contributed by atoms with Crippen LogP contribution in [0.1, 0.15) is 10.4 Å². The van der Waals surface area contributed by atoms with Gasteiger partial charge >= 0.3 is 5.97 Å². The zero-order valence-corrected chi connectivity index (χ0v) is 10.3. The summed E-state index contributed by atoms with van der Waals surface area (Å²) >= 11 is 0. The average Bonchev–Trinajstić information content (AvgIpc) is 2.47. The molecule has 1 amide bonds. The summed E-state index contributed by atoms with van der Waals surface area (Å²) in [5.41, 5.74) is 0.888. The zero-order valence-electron chi connectivity index (χ0n) is 10.3. The van der Waals surface area contributed by atoms with E-state index in [9.17, 15) is 9.59 Å². The summed E-state index contributed by atoms with van der Waals surface area (Å²) in [6.07, 6.45) is 3.02. The normalized spacial score (nSPS) is 12.9. The summed E-state index contributed by atoms with van der Waals surface area (Å²) in [6.45, 7) is -0.0108. The number of amides is 1. The Morgan fingerprint density at radius 1 is 1.25 bits per heavy atom. The van der Waals surface area contributed by atoms with E-state index in [2.05, 4.69) is 10.3 Å². The maximum absolute atomic E-state index is 11.9. The predicted octanol–water partition coefficient (Wildman–Crippen LogP) is 1.63. The monoisotopic (exact) mass is 270 g/mol. The molecule has 0 fully saturated rings. The van der Waals surface area contributed by atoms with E-state index in [1.54, 1.807) is 30.3 Å². The molecule has 1 aliphatic rings. The summed E-state index contributed by atoms with van der Waals surface area (Å²) in [6, 6.07) is 7.92. The number of benzene rings is 1. The second-order valence-corrected chi connectivity index (χ2v) is 4.12. The van der Waals surface area contributed by atoms with Crippen LogP contribution in [0.15, 0.2) is 42.7 Å². The van der Waals surface area contributed by atoms with Crippen LogP contribution in [-0.2, 0) is 4.79 Å². The Kier molecular flexibility index (Phi) is 3.04. The molecule has 0 saturated heterocycles. The Balaban J connectivity index is 1.80. The molecule has 20 heavy (non-hydrogen) atoms. The quantitative estimate of drug-likeness (QED) is 0.663. The Hall–Kier alpha value is -2.89. The van der Waals surface area contributed by atoms with E-state index in [4.69, 9.17) is 9.47 Å². The first kappa shape index (κ1) is 12.2. The molecular formula is C14H10N2O4. The number of nitrogens with zero attached hydrogens (tertiary/aromatic N) is 1. The summed E-state index contributed by atoms with van der Waals surface area (Å²) < 4.78 is 10.4. The van der Waals surface area contributed by atoms with Crippen molar-refractivity contribution in [2.24, 2.45) is 0 Å². The van der Waals surface area contributed by atoms with E-state index >= 15 is 0 Å². The third-order valence-corrected chi connectivity index (χ3v) is 2.71. The van der Waals surface area contributed by atoms with Gasteiger partial charge in [-0.25, -0.2) is 4.79 Å². The van der Waals surface area contributed by atoms with Crippen molar-refractivity contribution in [2.75, 3.05) is 11.9 Å². The van der Waals surface area contributed by atoms with E-state index in [0.717, 1.165) is 0 Å². The predicted molar refractivity (Wildman–Crippen MR) is 69.8 cm³/mol. The molecule has 6 nitrogen and oxygen atoms in total. The zero-order chi connectivity index (χ0) is 13.9. The van der Waals surface area contributed by atoms with Gasteiger partial charge in [0.15, 0.2) is 6.61 Å². The molecule has 0 radical (unpaired) electrons. The highest BCUT2D eigenvalue weighted by molar-refractivity contribution is 5.96. The van der Waals surface area contributed by atoms with Crippen molar-refractivity contribution in [1.29, 1.82) is 0 Å². The van der Waals surface area contributed by atoms with Gasteiger partial charge in [0, 0.05) is 18.5 Å². The lowest BCUT2D eigenvalue weighted by atomic mass is 10.2. The number of carbonyl (C=O) groups excluding carboxylic acids is 2. The summed E-state index contributed by atoms with van der Waals surface area (Å²) in [5.74, 6) is 0.148. The molecule has 1 N–H and O–H groups in total. The van der Waals surface area contributed by atoms with E-state index in [1.807, 2.05) is 0 Å². The minimum absolute atomic E-state index is 0.0108. The van der Waals surface area contributed by atoms with Gasteiger partial charge in [-0.05, 0) is 24.3 Å². The Morgan fingerprint density at radius 2 is 2.05 bits per heavy atom. The molecular weight excluding hydrogens is 260 g/mol. The second kappa shape index (κ2) is 5.00. The molecule has 0 atom stereocenters. The number of nitrogens with one attached hydrogen (secondary N) is 1. The molecule has 1 aromatic carbocycles. The van der Waals surface area contributed by atoms with E-state index < -0.39 is 5.97 Å². The van der Waals surface area contributed by atoms with Crippen molar-refractivity contribution < 1.29 is 19.1 Å². The van der Waals surface area contributed by atoms with Gasteiger partial charge in [0.25, 0.3) is 5.91 Å². The van der Waals surface area contributed by atoms with Crippen LogP contribution in [0.4, 0.5) is 5.69 Å². The molecule has 2 heterocycles. The van der Waals surface area contributed by atoms with Gasteiger partial charge in [-0.3, -0.25) is 9.78 Å². The van der Waals surface area contributed by atoms with Crippen LogP contribution in [0.2, 0.25) is 0 Å². The first-order valence-corrected chi connectivity index (χ1v) is 5.91. The van der Waals surface area contributed by atoms with Crippen LogP contribution in [0.3, 0.4) is 0 Å². The van der Waals surface area contributed by atoms with Crippen molar-refractivity contribution >= 4 is 17.6 Å². The number of hydrogen-bond donors (Lipinski definition) is 1. The minimum atomic E-state index is -0.490. The number of rotatable bonds is 2. The van der Waals surface area contributed by atoms with Crippen LogP contribution in [0.5, 0.6) is 11.5 Å². The van der Waals surface area contributed by atoms with Crippen molar-refractivity contribution in [3.05, 3.63) is 48.3 Å². The molecule has 100 valence electrons. The number of ether oxygens (including phenoxy) is 2. The summed E-state index contributed by atoms with van der Waals surface area (Å²) in [4.78, 5) is 26.9. The highest BCUT2D eigenvalue weighted by Crippen LogP contribution is 2.31. The molecule has 0 bridgehead atoms. The second-order valence-electron chi connectivity index (χ2n) is 4.12. The van der Waals surface area contributed by atoms with Crippen molar-refractivity contribution in [1.82, 2.24) is 4.98 Å². The average molecular weight is 270 g/mol. The highest BCUT2D eigenvalue weighted by Gasteiger charge is 2.17. The molecule has 1 aliphatic heterocycles. The van der Waals surface area contributed by atoms with Crippen LogP contribution >= 0.6 is 0 Å². The first-order chi connectivity index (χ1) is 9.72. The molecule has 6 heteroatoms. The van der Waals surface area contributed by atoms with Gasteiger partial charge < -0.3 is 14.8 Å². The number of fused-ring (bicyclic) bond motifs is 1. The van der Waals surface area contributed by atoms with Gasteiger partial charge in [-0.2, -0.15) is 0 Å². The fourth-order valence-corrected chi connectivity index (χ4v) is 1.78. The molecule has 0 saturated carbocycles. The van der Waals surface area contributed by atoms with Crippen LogP contribution in [0, 0.1) is 0 Å². The number of carbonyl (C=O) groups is 2. The van der Waals surface area contributed by atoms with E-state index in [1.165, 1.54) is 12.4 Å². The maximum Gasteiger partial charge on any atom is 0.343 e. The third kappa shape index (κ3) is 2.44. The standard InChI is InChI=1S/C14H10N2O4/c17-13-8-19-12-2-1-10(7-11(12)16-13)20-14(18)9-3-5-15-6-4-9/h1-7H,8H2,(H,16,17). The topological polar surface area (TPSA) is 77.5 Å². The van der Waals surface area contributed by atoms with Gasteiger partial charge in [-0.1, -0.05) is 0 Å². The highest BCUT2D eigenvalue weighted by atomic mass is 16.5. The minimum Gasteiger partial charge on any atom is -0.482 e. The Labute approximate surface area is 114 Å². The van der Waals surface area contributed by atoms with Gasteiger partial charge in [-0.15, -0.1) is 0 Å². The smallest absolute Gasteiger partial charge is 0.343 e. The lowest BCUT2D eigenvalue weighted by molar-refractivity contribution is -0.118. The van der Waals surface area contributed by atoms with E-state index in [0.29, 0.717) is 22.7 Å². The molecule has 1 aromatic heterocycles. The van der Waals surface area contributed by atoms with Crippen LogP contribution < -0.4 is 14.8 Å². The number of aromatic nitrogens is 1. The molecule has 2 aromatic rings. The van der Waals surface area contributed by atoms with Crippen molar-refractivity contribution in [2.45, 2.75) is 0 Å².